The number of cyclic esters (lactones) is 1. The molecule has 0 radical (unpaired) electrons. The van der Waals surface area contributed by atoms with Crippen molar-refractivity contribution in [1.82, 2.24) is 14.7 Å². The maximum absolute atomic E-state index is 14.7. The van der Waals surface area contributed by atoms with Crippen molar-refractivity contribution in [3.8, 4) is 0 Å². The van der Waals surface area contributed by atoms with Gasteiger partial charge in [-0.25, -0.2) is 4.79 Å². The smallest absolute Gasteiger partial charge is 0.335 e. The average Bonchev–Trinajstić information content (AvgIpc) is 3.14. The first-order valence-electron chi connectivity index (χ1n) is 20.1. The molecule has 54 heavy (non-hydrogen) atoms. The highest BCUT2D eigenvalue weighted by atomic mass is 16.7. The first-order valence-corrected chi connectivity index (χ1v) is 20.1. The van der Waals surface area contributed by atoms with Crippen LogP contribution in [0.2, 0.25) is 0 Å². The molecule has 0 spiro atoms. The molecule has 3 fully saturated rings. The Morgan fingerprint density at radius 3 is 2.33 bits per heavy atom. The van der Waals surface area contributed by atoms with E-state index in [4.69, 9.17) is 18.9 Å². The molecule has 1 aromatic rings. The number of rotatable bonds is 11. The summed E-state index contributed by atoms with van der Waals surface area (Å²) in [6.07, 6.45) is 2.13. The number of benzene rings is 1. The van der Waals surface area contributed by atoms with Crippen LogP contribution in [0.5, 0.6) is 0 Å². The fraction of sp³-hybridized carbons (Fsp3) is 0.786. The molecule has 0 aromatic heterocycles. The molecule has 0 unspecified atom stereocenters. The van der Waals surface area contributed by atoms with Gasteiger partial charge in [0.1, 0.15) is 12.0 Å². The zero-order chi connectivity index (χ0) is 40.0. The van der Waals surface area contributed by atoms with Crippen molar-refractivity contribution in [3.63, 3.8) is 0 Å². The van der Waals surface area contributed by atoms with Crippen LogP contribution in [0.15, 0.2) is 24.3 Å². The highest BCUT2D eigenvalue weighted by Gasteiger charge is 2.52. The number of carbonyl (C=O) groups excluding carboxylic acids is 2. The second-order valence-electron chi connectivity index (χ2n) is 17.2. The Labute approximate surface area is 323 Å². The van der Waals surface area contributed by atoms with Crippen LogP contribution in [0, 0.1) is 23.2 Å². The number of likely N-dealkylation sites (N-methyl/N-ethyl adjacent to an activating group) is 2. The van der Waals surface area contributed by atoms with E-state index in [0.29, 0.717) is 30.9 Å². The van der Waals surface area contributed by atoms with E-state index < -0.39 is 47.2 Å². The van der Waals surface area contributed by atoms with E-state index in [2.05, 4.69) is 28.5 Å². The lowest BCUT2D eigenvalue weighted by Gasteiger charge is -2.49. The number of carboxylic acid groups (broad SMARTS) is 1. The number of aliphatic hydroxyl groups is 1. The Bertz CT molecular complexity index is 1400. The van der Waals surface area contributed by atoms with Crippen LogP contribution in [0.3, 0.4) is 0 Å². The van der Waals surface area contributed by atoms with Crippen LogP contribution >= 0.6 is 0 Å². The number of piperidine rings is 1. The number of hydrogen-bond donors (Lipinski definition) is 2. The lowest BCUT2D eigenvalue weighted by Crippen LogP contribution is -2.57. The van der Waals surface area contributed by atoms with Crippen LogP contribution in [0.1, 0.15) is 102 Å². The number of Topliss-reactive ketones (excluding diaryl/α,β-unsaturated/α-hetero) is 1. The van der Waals surface area contributed by atoms with Crippen molar-refractivity contribution in [3.05, 3.63) is 35.4 Å². The summed E-state index contributed by atoms with van der Waals surface area (Å²) >= 11 is 0. The van der Waals surface area contributed by atoms with Gasteiger partial charge in [0.25, 0.3) is 0 Å². The van der Waals surface area contributed by atoms with Gasteiger partial charge < -0.3 is 39.0 Å². The highest BCUT2D eigenvalue weighted by molar-refractivity contribution is 6.04. The lowest BCUT2D eigenvalue weighted by molar-refractivity contribution is -0.271. The molecule has 0 bridgehead atoms. The van der Waals surface area contributed by atoms with Crippen molar-refractivity contribution in [2.75, 3.05) is 67.1 Å². The van der Waals surface area contributed by atoms with E-state index in [1.807, 2.05) is 40.1 Å². The molecule has 306 valence electrons. The number of likely N-dealkylation sites (tertiary alicyclic amines) is 1. The van der Waals surface area contributed by atoms with E-state index in [-0.39, 0.29) is 48.7 Å². The number of aromatic carboxylic acids is 1. The summed E-state index contributed by atoms with van der Waals surface area (Å²) < 4.78 is 26.2. The van der Waals surface area contributed by atoms with Crippen molar-refractivity contribution in [2.45, 2.75) is 123 Å². The monoisotopic (exact) mass is 760 g/mol. The van der Waals surface area contributed by atoms with Crippen molar-refractivity contribution >= 4 is 17.7 Å². The summed E-state index contributed by atoms with van der Waals surface area (Å²) in [5.74, 6) is -2.67. The molecule has 4 rings (SSSR count). The third-order valence-electron chi connectivity index (χ3n) is 12.6. The number of carbonyl (C=O) groups is 3. The summed E-state index contributed by atoms with van der Waals surface area (Å²) in [6.45, 7) is 17.8. The normalized spacial score (nSPS) is 34.1. The molecule has 9 atom stereocenters. The van der Waals surface area contributed by atoms with E-state index in [1.54, 1.807) is 40.0 Å². The van der Waals surface area contributed by atoms with Crippen LogP contribution < -0.4 is 0 Å². The Morgan fingerprint density at radius 1 is 1.07 bits per heavy atom. The Balaban J connectivity index is 1.73. The molecule has 3 aliphatic heterocycles. The first-order chi connectivity index (χ1) is 25.5. The zero-order valence-corrected chi connectivity index (χ0v) is 34.6. The fourth-order valence-electron chi connectivity index (χ4n) is 9.42. The molecule has 12 heteroatoms. The predicted octanol–water partition coefficient (Wildman–Crippen LogP) is 4.92. The maximum atomic E-state index is 14.7. The first kappa shape index (κ1) is 44.3. The van der Waals surface area contributed by atoms with Gasteiger partial charge in [0, 0.05) is 38.2 Å². The minimum absolute atomic E-state index is 0.0177. The standard InChI is InChI=1S/C42H69N3O9/c1-11-45-25-27(2)24-42(7,51-10)37(54-39-35(34(43(8)9)22-28(3)53-39)32-14-12-13-15-33(32)38(48)49)29(4)36(47)41(5,6)40(50)52-26-31(45)23-30-16-18-44(19-17-30)20-21-46/h12-15,27-31,34-35,37,39,46H,11,16-26H2,1-10H3,(H,48,49)/t27-,28-,29+,31-,34+,35-,37-,39+,42-/m1/s1. The predicted molar refractivity (Wildman–Crippen MR) is 207 cm³/mol. The third-order valence-corrected chi connectivity index (χ3v) is 12.6. The van der Waals surface area contributed by atoms with Gasteiger partial charge >= 0.3 is 11.9 Å². The van der Waals surface area contributed by atoms with Gasteiger partial charge in [0.15, 0.2) is 12.1 Å². The van der Waals surface area contributed by atoms with Crippen LogP contribution in [0.4, 0.5) is 0 Å². The molecule has 12 nitrogen and oxygen atoms in total. The summed E-state index contributed by atoms with van der Waals surface area (Å²) in [7, 11) is 5.60. The number of aliphatic hydroxyl groups excluding tert-OH is 1. The molecule has 0 saturated carbocycles. The molecule has 0 amide bonds. The summed E-state index contributed by atoms with van der Waals surface area (Å²) in [5, 5.41) is 19.7. The van der Waals surface area contributed by atoms with E-state index in [1.165, 1.54) is 0 Å². The quantitative estimate of drug-likeness (QED) is 0.234. The van der Waals surface area contributed by atoms with E-state index >= 15 is 0 Å². The number of methoxy groups -OCH3 is 1. The third kappa shape index (κ3) is 10.3. The Morgan fingerprint density at radius 2 is 1.74 bits per heavy atom. The van der Waals surface area contributed by atoms with Gasteiger partial charge in [-0.3, -0.25) is 14.5 Å². The minimum Gasteiger partial charge on any atom is -0.478 e. The van der Waals surface area contributed by atoms with Gasteiger partial charge in [-0.15, -0.1) is 0 Å². The van der Waals surface area contributed by atoms with Crippen molar-refractivity contribution < 1.29 is 43.5 Å². The van der Waals surface area contributed by atoms with Crippen molar-refractivity contribution in [1.29, 1.82) is 0 Å². The number of esters is 1. The minimum atomic E-state index is -1.48. The van der Waals surface area contributed by atoms with Gasteiger partial charge in [-0.05, 0) is 117 Å². The molecule has 1 aromatic carbocycles. The summed E-state index contributed by atoms with van der Waals surface area (Å²) in [4.78, 5) is 48.0. The largest absolute Gasteiger partial charge is 0.478 e. The van der Waals surface area contributed by atoms with Crippen LogP contribution in [-0.2, 0) is 28.5 Å². The maximum Gasteiger partial charge on any atom is 0.335 e. The second kappa shape index (κ2) is 19.1. The SMILES string of the molecule is CCN1C[C@H](C)C[C@@](C)(OC)[C@H](O[C@@H]2O[C@H](C)C[C@H](N(C)C)[C@H]2c2ccccc2C(=O)O)[C@@H](C)C(=O)C(C)(C)C(=O)OC[C@H]1CC1CCN(CCO)CC1. The number of nitrogens with zero attached hydrogens (tertiary/aromatic N) is 3. The molecule has 3 heterocycles. The average molecular weight is 760 g/mol. The molecular formula is C42H69N3O9. The van der Waals surface area contributed by atoms with Gasteiger partial charge in [-0.1, -0.05) is 39.0 Å². The number of ether oxygens (including phenoxy) is 4. The molecule has 3 aliphatic rings. The Hall–Kier alpha value is -2.45. The zero-order valence-electron chi connectivity index (χ0n) is 34.6. The number of hydrogen-bond acceptors (Lipinski definition) is 11. The molecule has 3 saturated heterocycles. The van der Waals surface area contributed by atoms with E-state index in [0.717, 1.165) is 45.4 Å². The number of carboxylic acids is 1. The van der Waals surface area contributed by atoms with Crippen LogP contribution in [0.25, 0.3) is 0 Å². The second-order valence-corrected chi connectivity index (χ2v) is 17.2. The summed E-state index contributed by atoms with van der Waals surface area (Å²) in [6, 6.07) is 6.83. The van der Waals surface area contributed by atoms with Crippen molar-refractivity contribution in [2.24, 2.45) is 23.2 Å². The molecule has 0 aliphatic carbocycles. The number of β-amino-alcohol motifs (C(OH)–C–C–N with tert-alkyl or cyclic N) is 1. The van der Waals surface area contributed by atoms with Gasteiger partial charge in [0.2, 0.25) is 0 Å². The fourth-order valence-corrected chi connectivity index (χ4v) is 9.42. The van der Waals surface area contributed by atoms with E-state index in [9.17, 15) is 24.6 Å². The summed E-state index contributed by atoms with van der Waals surface area (Å²) in [5.41, 5.74) is -1.69. The Kier molecular flexibility index (Phi) is 15.7. The number of ketones is 1. The van der Waals surface area contributed by atoms with Crippen LogP contribution in [-0.4, -0.2) is 146 Å². The van der Waals surface area contributed by atoms with Gasteiger partial charge in [0.05, 0.1) is 35.9 Å². The highest BCUT2D eigenvalue weighted by Crippen LogP contribution is 2.43. The molecule has 2 N–H and O–H groups in total. The topological polar surface area (TPSA) is 138 Å². The molecular weight excluding hydrogens is 690 g/mol. The van der Waals surface area contributed by atoms with Gasteiger partial charge in [-0.2, -0.15) is 0 Å². The lowest BCUT2D eigenvalue weighted by atomic mass is 9.74.